The van der Waals surface area contributed by atoms with E-state index in [-0.39, 0.29) is 29.3 Å². The lowest BCUT2D eigenvalue weighted by Gasteiger charge is -2.10. The number of nitrogens with zero attached hydrogens (tertiary/aromatic N) is 2. The van der Waals surface area contributed by atoms with E-state index in [4.69, 9.17) is 14.3 Å². The van der Waals surface area contributed by atoms with Crippen molar-refractivity contribution in [1.82, 2.24) is 9.78 Å². The number of nitrogens with one attached hydrogen (secondary N) is 1. The van der Waals surface area contributed by atoms with Gasteiger partial charge >= 0.3 is 0 Å². The number of para-hydroxylation sites is 2. The average molecular weight is 675 g/mol. The number of aryl methyl sites for hydroxylation is 1. The number of fused-ring (bicyclic) bond motifs is 1. The third kappa shape index (κ3) is 5.76. The predicted molar refractivity (Wildman–Crippen MR) is 183 cm³/mol. The highest BCUT2D eigenvalue weighted by atomic mass is 79.9. The monoisotopic (exact) mass is 673 g/mol. The highest BCUT2D eigenvalue weighted by molar-refractivity contribution is 9.10. The number of carbonyl (C=O) groups excluding carboxylic acids is 2. The van der Waals surface area contributed by atoms with Gasteiger partial charge in [-0.3, -0.25) is 9.59 Å². The summed E-state index contributed by atoms with van der Waals surface area (Å²) in [5.74, 6) is 0.211. The van der Waals surface area contributed by atoms with Crippen LogP contribution in [0.25, 0.3) is 27.9 Å². The van der Waals surface area contributed by atoms with Crippen LogP contribution in [0.15, 0.2) is 112 Å². The summed E-state index contributed by atoms with van der Waals surface area (Å²) in [4.78, 5) is 27.4. The second-order valence-electron chi connectivity index (χ2n) is 11.6. The van der Waals surface area contributed by atoms with Crippen LogP contribution in [0.5, 0.6) is 5.75 Å². The Bertz CT molecular complexity index is 2060. The minimum Gasteiger partial charge on any atom is -0.493 e. The van der Waals surface area contributed by atoms with Crippen LogP contribution < -0.4 is 10.1 Å². The Labute approximate surface area is 275 Å². The molecule has 0 saturated heterocycles. The molecule has 4 aromatic carbocycles. The molecule has 1 aliphatic rings. The third-order valence-corrected chi connectivity index (χ3v) is 8.89. The van der Waals surface area contributed by atoms with E-state index in [9.17, 15) is 9.59 Å². The smallest absolute Gasteiger partial charge is 0.230 e. The Kier molecular flexibility index (Phi) is 8.05. The number of ketones is 1. The lowest BCUT2D eigenvalue weighted by molar-refractivity contribution is -0.117. The minimum absolute atomic E-state index is 0.0347. The van der Waals surface area contributed by atoms with Crippen LogP contribution in [0.1, 0.15) is 52.9 Å². The second kappa shape index (κ2) is 12.4. The SMILES string of the molecule is CCCOc1ccc(-c2nn(-c3ccccc3)cc2C2CC2C(=O)Nc2c(C(=O)c3ccc(Br)cc3)oc3ccccc23)cc1C. The van der Waals surface area contributed by atoms with Crippen molar-refractivity contribution < 1.29 is 18.7 Å². The molecule has 0 spiro atoms. The van der Waals surface area contributed by atoms with Crippen LogP contribution in [-0.4, -0.2) is 28.1 Å². The maximum absolute atomic E-state index is 13.9. The summed E-state index contributed by atoms with van der Waals surface area (Å²) in [6, 6.07) is 30.6. The van der Waals surface area contributed by atoms with Gasteiger partial charge in [0, 0.05) is 44.6 Å². The molecule has 46 heavy (non-hydrogen) atoms. The third-order valence-electron chi connectivity index (χ3n) is 8.36. The second-order valence-corrected chi connectivity index (χ2v) is 12.5. The lowest BCUT2D eigenvalue weighted by Crippen LogP contribution is -2.16. The number of carbonyl (C=O) groups is 2. The minimum atomic E-state index is -0.292. The van der Waals surface area contributed by atoms with Gasteiger partial charge in [-0.15, -0.1) is 0 Å². The van der Waals surface area contributed by atoms with Crippen molar-refractivity contribution in [3.63, 3.8) is 0 Å². The molecule has 7 nitrogen and oxygen atoms in total. The van der Waals surface area contributed by atoms with Gasteiger partial charge in [0.15, 0.2) is 5.76 Å². The normalized spacial score (nSPS) is 15.5. The van der Waals surface area contributed by atoms with Crippen molar-refractivity contribution in [2.24, 2.45) is 5.92 Å². The number of benzene rings is 4. The Morgan fingerprint density at radius 1 is 1.00 bits per heavy atom. The predicted octanol–water partition coefficient (Wildman–Crippen LogP) is 9.12. The zero-order valence-electron chi connectivity index (χ0n) is 25.5. The van der Waals surface area contributed by atoms with Crippen LogP contribution in [0.2, 0.25) is 0 Å². The number of aromatic nitrogens is 2. The van der Waals surface area contributed by atoms with E-state index in [1.54, 1.807) is 18.2 Å². The van der Waals surface area contributed by atoms with Crippen LogP contribution in [0.4, 0.5) is 5.69 Å². The van der Waals surface area contributed by atoms with Crippen LogP contribution in [0.3, 0.4) is 0 Å². The van der Waals surface area contributed by atoms with Crippen molar-refractivity contribution in [2.75, 3.05) is 11.9 Å². The highest BCUT2D eigenvalue weighted by Gasteiger charge is 2.46. The molecule has 0 aliphatic heterocycles. The molecule has 1 aliphatic carbocycles. The number of furan rings is 1. The Morgan fingerprint density at radius 2 is 1.76 bits per heavy atom. The summed E-state index contributed by atoms with van der Waals surface area (Å²) in [6.45, 7) is 4.79. The topological polar surface area (TPSA) is 86.4 Å². The molecule has 8 heteroatoms. The fourth-order valence-electron chi connectivity index (χ4n) is 5.87. The van der Waals surface area contributed by atoms with Crippen molar-refractivity contribution >= 4 is 44.3 Å². The largest absolute Gasteiger partial charge is 0.493 e. The van der Waals surface area contributed by atoms with Gasteiger partial charge in [0.05, 0.1) is 23.7 Å². The number of ether oxygens (including phenoxy) is 1. The number of halogens is 1. The number of hydrogen-bond donors (Lipinski definition) is 1. The number of rotatable bonds is 10. The molecular weight excluding hydrogens is 642 g/mol. The average Bonchev–Trinajstić information content (AvgIpc) is 3.62. The molecule has 0 radical (unpaired) electrons. The molecule has 2 heterocycles. The summed E-state index contributed by atoms with van der Waals surface area (Å²) in [7, 11) is 0. The standard InChI is InChI=1S/C38H32BrN3O4/c1-3-19-45-32-18-15-25(20-23(32)2)34-31(22-42(41-34)27-9-5-4-6-10-27)29-21-30(29)38(44)40-35-28-11-7-8-12-33(28)46-37(35)36(43)24-13-16-26(39)17-14-24/h4-18,20,22,29-30H,3,19,21H2,1-2H3,(H,40,44). The van der Waals surface area contributed by atoms with E-state index in [2.05, 4.69) is 34.2 Å². The molecular formula is C38H32BrN3O4. The lowest BCUT2D eigenvalue weighted by atomic mass is 10.0. The van der Waals surface area contributed by atoms with Crippen molar-refractivity contribution in [2.45, 2.75) is 32.6 Å². The summed E-state index contributed by atoms with van der Waals surface area (Å²) in [5, 5.41) is 8.79. The molecule has 2 atom stereocenters. The number of amides is 1. The maximum atomic E-state index is 13.9. The van der Waals surface area contributed by atoms with Crippen molar-refractivity contribution in [3.8, 4) is 22.7 Å². The van der Waals surface area contributed by atoms with Crippen LogP contribution in [0, 0.1) is 12.8 Å². The summed E-state index contributed by atoms with van der Waals surface area (Å²) >= 11 is 3.42. The molecule has 7 rings (SSSR count). The molecule has 2 aromatic heterocycles. The van der Waals surface area contributed by atoms with Crippen molar-refractivity contribution in [3.05, 3.63) is 130 Å². The molecule has 0 bridgehead atoms. The molecule has 1 amide bonds. The zero-order valence-corrected chi connectivity index (χ0v) is 27.1. The van der Waals surface area contributed by atoms with Crippen LogP contribution in [-0.2, 0) is 4.79 Å². The maximum Gasteiger partial charge on any atom is 0.230 e. The van der Waals surface area contributed by atoms with Gasteiger partial charge in [-0.2, -0.15) is 5.10 Å². The first kappa shape index (κ1) is 29.7. The van der Waals surface area contributed by atoms with E-state index in [0.717, 1.165) is 44.7 Å². The first-order valence-corrected chi connectivity index (χ1v) is 16.2. The molecule has 1 saturated carbocycles. The molecule has 2 unspecified atom stereocenters. The molecule has 1 N–H and O–H groups in total. The van der Waals surface area contributed by atoms with Gasteiger partial charge < -0.3 is 14.5 Å². The number of hydrogen-bond acceptors (Lipinski definition) is 5. The zero-order chi connectivity index (χ0) is 31.8. The summed E-state index contributed by atoms with van der Waals surface area (Å²) < 4.78 is 14.7. The Hall–Kier alpha value is -4.95. The van der Waals surface area contributed by atoms with E-state index >= 15 is 0 Å². The van der Waals surface area contributed by atoms with Crippen LogP contribution >= 0.6 is 15.9 Å². The van der Waals surface area contributed by atoms with Gasteiger partial charge in [0.25, 0.3) is 0 Å². The Morgan fingerprint density at radius 3 is 2.52 bits per heavy atom. The number of anilines is 1. The summed E-state index contributed by atoms with van der Waals surface area (Å²) in [5.41, 5.74) is 6.21. The van der Waals surface area contributed by atoms with E-state index in [1.807, 2.05) is 90.6 Å². The molecule has 6 aromatic rings. The Balaban J connectivity index is 1.20. The molecule has 1 fully saturated rings. The first-order chi connectivity index (χ1) is 22.4. The van der Waals surface area contributed by atoms with E-state index in [0.29, 0.717) is 35.2 Å². The molecule has 230 valence electrons. The highest BCUT2D eigenvalue weighted by Crippen LogP contribution is 2.51. The van der Waals surface area contributed by atoms with E-state index in [1.165, 1.54) is 0 Å². The fraction of sp³-hybridized carbons (Fsp3) is 0.184. The van der Waals surface area contributed by atoms with E-state index < -0.39 is 0 Å². The van der Waals surface area contributed by atoms with Gasteiger partial charge in [-0.05, 0) is 92.1 Å². The van der Waals surface area contributed by atoms with Gasteiger partial charge in [0.2, 0.25) is 11.7 Å². The van der Waals surface area contributed by atoms with Gasteiger partial charge in [0.1, 0.15) is 11.3 Å². The fourth-order valence-corrected chi connectivity index (χ4v) is 6.14. The first-order valence-electron chi connectivity index (χ1n) is 15.4. The van der Waals surface area contributed by atoms with Crippen molar-refractivity contribution in [1.29, 1.82) is 0 Å². The van der Waals surface area contributed by atoms with Gasteiger partial charge in [-0.1, -0.05) is 53.2 Å². The quantitative estimate of drug-likeness (QED) is 0.147. The van der Waals surface area contributed by atoms with Gasteiger partial charge in [-0.25, -0.2) is 4.68 Å². The summed E-state index contributed by atoms with van der Waals surface area (Å²) in [6.07, 6.45) is 3.64.